The van der Waals surface area contributed by atoms with Crippen molar-refractivity contribution < 1.29 is 19.1 Å². The van der Waals surface area contributed by atoms with Crippen LogP contribution in [0.25, 0.3) is 22.8 Å². The number of hydrogen-bond acceptors (Lipinski definition) is 4. The van der Waals surface area contributed by atoms with Crippen LogP contribution in [0.1, 0.15) is 10.4 Å². The van der Waals surface area contributed by atoms with E-state index in [9.17, 15) is 9.90 Å². The van der Waals surface area contributed by atoms with Crippen molar-refractivity contribution in [3.05, 3.63) is 60.3 Å². The van der Waals surface area contributed by atoms with Crippen LogP contribution in [0.15, 0.2) is 59.1 Å². The average Bonchev–Trinajstić information content (AvgIpc) is 3.04. The molecule has 2 aromatic carbocycles. The molecule has 0 saturated heterocycles. The number of methoxy groups -OCH3 is 1. The molecule has 1 N–H and O–H groups in total. The molecular weight excluding hydrogens is 282 g/mol. The Bertz CT molecular complexity index is 806. The quantitative estimate of drug-likeness (QED) is 0.794. The van der Waals surface area contributed by atoms with Gasteiger partial charge in [-0.25, -0.2) is 9.78 Å². The number of ether oxygens (including phenoxy) is 1. The number of aromatic carboxylic acids is 1. The monoisotopic (exact) mass is 295 g/mol. The first kappa shape index (κ1) is 13.9. The first-order valence-electron chi connectivity index (χ1n) is 6.62. The standard InChI is InChI=1S/C17H13NO4/c1-21-12-8-6-11(7-9-12)15-10-18-16(22-15)13-4-2-3-5-14(13)17(19)20/h2-10H,1H3,(H,19,20). The van der Waals surface area contributed by atoms with E-state index >= 15 is 0 Å². The van der Waals surface area contributed by atoms with E-state index in [0.717, 1.165) is 11.3 Å². The SMILES string of the molecule is COc1ccc(-c2cnc(-c3ccccc3C(=O)O)o2)cc1. The summed E-state index contributed by atoms with van der Waals surface area (Å²) in [5.41, 5.74) is 1.45. The van der Waals surface area contributed by atoms with Gasteiger partial charge < -0.3 is 14.3 Å². The molecule has 5 heteroatoms. The molecular formula is C17H13NO4. The van der Waals surface area contributed by atoms with E-state index in [0.29, 0.717) is 11.3 Å². The van der Waals surface area contributed by atoms with E-state index in [4.69, 9.17) is 9.15 Å². The molecule has 1 heterocycles. The molecule has 0 saturated carbocycles. The van der Waals surface area contributed by atoms with Crippen LogP contribution in [0.4, 0.5) is 0 Å². The maximum absolute atomic E-state index is 11.3. The summed E-state index contributed by atoms with van der Waals surface area (Å²) in [6.45, 7) is 0. The Labute approximate surface area is 126 Å². The summed E-state index contributed by atoms with van der Waals surface area (Å²) < 4.78 is 10.8. The normalized spacial score (nSPS) is 10.4. The zero-order valence-corrected chi connectivity index (χ0v) is 11.8. The molecule has 0 radical (unpaired) electrons. The minimum absolute atomic E-state index is 0.158. The highest BCUT2D eigenvalue weighted by Crippen LogP contribution is 2.29. The first-order valence-corrected chi connectivity index (χ1v) is 6.62. The molecule has 1 aromatic heterocycles. The fourth-order valence-corrected chi connectivity index (χ4v) is 2.14. The molecule has 0 aliphatic carbocycles. The Morgan fingerprint density at radius 2 is 1.86 bits per heavy atom. The smallest absolute Gasteiger partial charge is 0.336 e. The fourth-order valence-electron chi connectivity index (χ4n) is 2.14. The largest absolute Gasteiger partial charge is 0.497 e. The maximum Gasteiger partial charge on any atom is 0.336 e. The predicted molar refractivity (Wildman–Crippen MR) is 80.9 cm³/mol. The highest BCUT2D eigenvalue weighted by molar-refractivity contribution is 5.94. The maximum atomic E-state index is 11.3. The summed E-state index contributed by atoms with van der Waals surface area (Å²) in [5.74, 6) is 0.584. The van der Waals surface area contributed by atoms with E-state index in [-0.39, 0.29) is 11.5 Å². The van der Waals surface area contributed by atoms with E-state index < -0.39 is 5.97 Å². The van der Waals surface area contributed by atoms with Crippen molar-refractivity contribution >= 4 is 5.97 Å². The summed E-state index contributed by atoms with van der Waals surface area (Å²) in [6, 6.07) is 14.0. The number of aromatic nitrogens is 1. The molecule has 5 nitrogen and oxygen atoms in total. The molecule has 3 aromatic rings. The van der Waals surface area contributed by atoms with Crippen molar-refractivity contribution in [2.45, 2.75) is 0 Å². The van der Waals surface area contributed by atoms with Crippen molar-refractivity contribution in [3.63, 3.8) is 0 Å². The van der Waals surface area contributed by atoms with Gasteiger partial charge in [0.25, 0.3) is 0 Å². The number of carbonyl (C=O) groups is 1. The Kier molecular flexibility index (Phi) is 3.62. The Balaban J connectivity index is 1.98. The zero-order valence-electron chi connectivity index (χ0n) is 11.8. The Hall–Kier alpha value is -3.08. The number of rotatable bonds is 4. The van der Waals surface area contributed by atoms with Crippen LogP contribution in [0, 0.1) is 0 Å². The second kappa shape index (κ2) is 5.73. The van der Waals surface area contributed by atoms with Gasteiger partial charge in [0.05, 0.1) is 24.4 Å². The van der Waals surface area contributed by atoms with Gasteiger partial charge in [-0.15, -0.1) is 0 Å². The number of carboxylic acid groups (broad SMARTS) is 1. The summed E-state index contributed by atoms with van der Waals surface area (Å²) >= 11 is 0. The van der Waals surface area contributed by atoms with Crippen molar-refractivity contribution in [2.75, 3.05) is 7.11 Å². The zero-order chi connectivity index (χ0) is 15.5. The van der Waals surface area contributed by atoms with Gasteiger partial charge in [-0.05, 0) is 36.4 Å². The summed E-state index contributed by atoms with van der Waals surface area (Å²) in [6.07, 6.45) is 1.58. The van der Waals surface area contributed by atoms with Crippen LogP contribution in [-0.4, -0.2) is 23.2 Å². The molecule has 0 bridgehead atoms. The molecule has 0 fully saturated rings. The summed E-state index contributed by atoms with van der Waals surface area (Å²) in [4.78, 5) is 15.4. The van der Waals surface area contributed by atoms with Gasteiger partial charge in [0.15, 0.2) is 5.76 Å². The highest BCUT2D eigenvalue weighted by atomic mass is 16.5. The third-order valence-corrected chi connectivity index (χ3v) is 3.27. The van der Waals surface area contributed by atoms with Gasteiger partial charge in [0.1, 0.15) is 5.75 Å². The second-order valence-corrected chi connectivity index (χ2v) is 4.61. The number of carboxylic acids is 1. The number of benzene rings is 2. The minimum atomic E-state index is -1.01. The molecule has 3 rings (SSSR count). The van der Waals surface area contributed by atoms with Crippen LogP contribution in [0.2, 0.25) is 0 Å². The molecule has 0 unspecified atom stereocenters. The molecule has 0 aliphatic heterocycles. The van der Waals surface area contributed by atoms with Crippen LogP contribution >= 0.6 is 0 Å². The third-order valence-electron chi connectivity index (χ3n) is 3.27. The summed E-state index contributed by atoms with van der Waals surface area (Å²) in [7, 11) is 1.60. The number of nitrogens with zero attached hydrogens (tertiary/aromatic N) is 1. The Morgan fingerprint density at radius 3 is 2.55 bits per heavy atom. The van der Waals surface area contributed by atoms with E-state index in [1.807, 2.05) is 24.3 Å². The topological polar surface area (TPSA) is 72.6 Å². The molecule has 0 aliphatic rings. The van der Waals surface area contributed by atoms with Crippen LogP contribution < -0.4 is 4.74 Å². The van der Waals surface area contributed by atoms with Crippen LogP contribution in [0.3, 0.4) is 0 Å². The van der Waals surface area contributed by atoms with Gasteiger partial charge in [-0.1, -0.05) is 12.1 Å². The summed E-state index contributed by atoms with van der Waals surface area (Å²) in [5, 5.41) is 9.23. The van der Waals surface area contributed by atoms with E-state index in [1.54, 1.807) is 31.5 Å². The second-order valence-electron chi connectivity index (χ2n) is 4.61. The van der Waals surface area contributed by atoms with E-state index in [2.05, 4.69) is 4.98 Å². The van der Waals surface area contributed by atoms with Crippen molar-refractivity contribution in [1.82, 2.24) is 4.98 Å². The highest BCUT2D eigenvalue weighted by Gasteiger charge is 2.15. The van der Waals surface area contributed by atoms with Gasteiger partial charge >= 0.3 is 5.97 Å². The molecule has 110 valence electrons. The van der Waals surface area contributed by atoms with Crippen molar-refractivity contribution in [2.24, 2.45) is 0 Å². The fraction of sp³-hybridized carbons (Fsp3) is 0.0588. The average molecular weight is 295 g/mol. The van der Waals surface area contributed by atoms with Gasteiger partial charge in [-0.3, -0.25) is 0 Å². The van der Waals surface area contributed by atoms with E-state index in [1.165, 1.54) is 6.07 Å². The van der Waals surface area contributed by atoms with Gasteiger partial charge in [0.2, 0.25) is 5.89 Å². The van der Waals surface area contributed by atoms with Crippen LogP contribution in [-0.2, 0) is 0 Å². The molecule has 0 spiro atoms. The van der Waals surface area contributed by atoms with Crippen LogP contribution in [0.5, 0.6) is 5.75 Å². The predicted octanol–water partition coefficient (Wildman–Crippen LogP) is 3.72. The van der Waals surface area contributed by atoms with Gasteiger partial charge in [-0.2, -0.15) is 0 Å². The molecule has 0 amide bonds. The first-order chi connectivity index (χ1) is 10.7. The van der Waals surface area contributed by atoms with Crippen molar-refractivity contribution in [1.29, 1.82) is 0 Å². The lowest BCUT2D eigenvalue weighted by Crippen LogP contribution is -1.98. The van der Waals surface area contributed by atoms with Crippen molar-refractivity contribution in [3.8, 4) is 28.5 Å². The lowest BCUT2D eigenvalue weighted by atomic mass is 10.1. The third kappa shape index (κ3) is 2.56. The molecule has 22 heavy (non-hydrogen) atoms. The molecule has 0 atom stereocenters. The lowest BCUT2D eigenvalue weighted by molar-refractivity contribution is 0.0697. The lowest BCUT2D eigenvalue weighted by Gasteiger charge is -2.02. The number of hydrogen-bond donors (Lipinski definition) is 1. The number of oxazole rings is 1. The van der Waals surface area contributed by atoms with Gasteiger partial charge in [0, 0.05) is 5.56 Å². The Morgan fingerprint density at radius 1 is 1.14 bits per heavy atom. The minimum Gasteiger partial charge on any atom is -0.497 e.